The van der Waals surface area contributed by atoms with Crippen molar-refractivity contribution in [1.82, 2.24) is 9.97 Å². The summed E-state index contributed by atoms with van der Waals surface area (Å²) in [5.41, 5.74) is -0.0700. The first-order chi connectivity index (χ1) is 9.88. The molecule has 0 aliphatic carbocycles. The lowest BCUT2D eigenvalue weighted by molar-refractivity contribution is 0.154. The molecule has 5 heteroatoms. The molecule has 0 fully saturated rings. The van der Waals surface area contributed by atoms with Crippen LogP contribution >= 0.6 is 0 Å². The zero-order valence-corrected chi connectivity index (χ0v) is 14.4. The van der Waals surface area contributed by atoms with Gasteiger partial charge >= 0.3 is 0 Å². The molecule has 0 saturated heterocycles. The molecule has 1 aromatic rings. The summed E-state index contributed by atoms with van der Waals surface area (Å²) in [6.45, 7) is 13.8. The van der Waals surface area contributed by atoms with Crippen LogP contribution in [-0.2, 0) is 10.2 Å². The first-order valence-electron chi connectivity index (χ1n) is 7.80. The molecule has 0 bridgehead atoms. The summed E-state index contributed by atoms with van der Waals surface area (Å²) < 4.78 is 5.42. The van der Waals surface area contributed by atoms with Crippen molar-refractivity contribution >= 4 is 11.6 Å². The molecule has 1 N–H and O–H groups in total. The van der Waals surface area contributed by atoms with Gasteiger partial charge in [-0.25, -0.2) is 9.97 Å². The van der Waals surface area contributed by atoms with Crippen LogP contribution in [0, 0.1) is 0 Å². The molecule has 1 aromatic heterocycles. The number of hydrogen-bond donors (Lipinski definition) is 1. The summed E-state index contributed by atoms with van der Waals surface area (Å²) in [5, 5.41) is 3.36. The molecule has 5 nitrogen and oxygen atoms in total. The van der Waals surface area contributed by atoms with Gasteiger partial charge < -0.3 is 15.0 Å². The number of nitrogens with zero attached hydrogens (tertiary/aromatic N) is 3. The molecule has 0 atom stereocenters. The second-order valence-electron chi connectivity index (χ2n) is 6.23. The Hall–Kier alpha value is -1.36. The number of nitrogens with one attached hydrogen (secondary N) is 1. The van der Waals surface area contributed by atoms with Crippen molar-refractivity contribution in [3.63, 3.8) is 0 Å². The highest BCUT2D eigenvalue weighted by Gasteiger charge is 2.20. The second kappa shape index (κ2) is 8.17. The Morgan fingerprint density at radius 3 is 2.52 bits per heavy atom. The van der Waals surface area contributed by atoms with E-state index >= 15 is 0 Å². The van der Waals surface area contributed by atoms with Gasteiger partial charge in [0.15, 0.2) is 0 Å². The van der Waals surface area contributed by atoms with Crippen molar-refractivity contribution in [2.45, 2.75) is 46.5 Å². The quantitative estimate of drug-likeness (QED) is 0.747. The average molecular weight is 294 g/mol. The highest BCUT2D eigenvalue weighted by Crippen LogP contribution is 2.23. The van der Waals surface area contributed by atoms with E-state index in [0.29, 0.717) is 6.61 Å². The Morgan fingerprint density at radius 2 is 1.95 bits per heavy atom. The Kier molecular flexibility index (Phi) is 6.89. The minimum atomic E-state index is -0.0700. The van der Waals surface area contributed by atoms with Crippen LogP contribution in [0.3, 0.4) is 0 Å². The zero-order valence-electron chi connectivity index (χ0n) is 14.4. The van der Waals surface area contributed by atoms with Crippen molar-refractivity contribution < 1.29 is 4.74 Å². The molecule has 0 saturated carbocycles. The Balaban J connectivity index is 2.95. The number of ether oxygens (including phenoxy) is 1. The van der Waals surface area contributed by atoms with E-state index in [2.05, 4.69) is 42.9 Å². The summed E-state index contributed by atoms with van der Waals surface area (Å²) in [6.07, 6.45) is 1.07. The molecular formula is C16H30N4O. The fourth-order valence-corrected chi connectivity index (χ4v) is 1.77. The van der Waals surface area contributed by atoms with Gasteiger partial charge in [0.1, 0.15) is 17.5 Å². The molecule has 21 heavy (non-hydrogen) atoms. The fourth-order valence-electron chi connectivity index (χ4n) is 1.77. The number of rotatable bonds is 8. The van der Waals surface area contributed by atoms with Gasteiger partial charge in [0, 0.05) is 38.2 Å². The number of aromatic nitrogens is 2. The fraction of sp³-hybridized carbons (Fsp3) is 0.750. The summed E-state index contributed by atoms with van der Waals surface area (Å²) in [7, 11) is 2.04. The standard InChI is InChI=1S/C16H30N4O/c1-7-9-17-13-12-14(20(6)10-11-21-8-2)19-15(18-13)16(3,4)5/h12H,7-11H2,1-6H3,(H,17,18,19). The lowest BCUT2D eigenvalue weighted by Gasteiger charge is -2.23. The van der Waals surface area contributed by atoms with E-state index in [1.165, 1.54) is 0 Å². The van der Waals surface area contributed by atoms with E-state index in [4.69, 9.17) is 9.72 Å². The molecule has 0 amide bonds. The van der Waals surface area contributed by atoms with Crippen molar-refractivity contribution in [1.29, 1.82) is 0 Å². The van der Waals surface area contributed by atoms with Gasteiger partial charge in [0.2, 0.25) is 0 Å². The molecule has 0 aliphatic heterocycles. The zero-order chi connectivity index (χ0) is 15.9. The molecular weight excluding hydrogens is 264 g/mol. The van der Waals surface area contributed by atoms with Gasteiger partial charge in [-0.05, 0) is 13.3 Å². The summed E-state index contributed by atoms with van der Waals surface area (Å²) in [4.78, 5) is 11.5. The Morgan fingerprint density at radius 1 is 1.24 bits per heavy atom. The molecule has 0 unspecified atom stereocenters. The van der Waals surface area contributed by atoms with E-state index in [1.807, 2.05) is 20.0 Å². The van der Waals surface area contributed by atoms with Gasteiger partial charge in [-0.2, -0.15) is 0 Å². The number of hydrogen-bond acceptors (Lipinski definition) is 5. The van der Waals surface area contributed by atoms with Crippen LogP contribution in [0.1, 0.15) is 46.9 Å². The third-order valence-corrected chi connectivity index (χ3v) is 3.11. The second-order valence-corrected chi connectivity index (χ2v) is 6.23. The van der Waals surface area contributed by atoms with Gasteiger partial charge in [-0.1, -0.05) is 27.7 Å². The number of likely N-dealkylation sites (N-methyl/N-ethyl adjacent to an activating group) is 1. The first-order valence-corrected chi connectivity index (χ1v) is 7.80. The third kappa shape index (κ3) is 5.87. The third-order valence-electron chi connectivity index (χ3n) is 3.11. The smallest absolute Gasteiger partial charge is 0.138 e. The van der Waals surface area contributed by atoms with Gasteiger partial charge in [0.05, 0.1) is 6.61 Å². The molecule has 1 heterocycles. The largest absolute Gasteiger partial charge is 0.380 e. The maximum atomic E-state index is 5.42. The lowest BCUT2D eigenvalue weighted by atomic mass is 9.96. The highest BCUT2D eigenvalue weighted by atomic mass is 16.5. The van der Waals surface area contributed by atoms with Crippen LogP contribution < -0.4 is 10.2 Å². The molecule has 0 aromatic carbocycles. The monoisotopic (exact) mass is 294 g/mol. The predicted octanol–water partition coefficient (Wildman–Crippen LogP) is 3.07. The van der Waals surface area contributed by atoms with Gasteiger partial charge in [-0.15, -0.1) is 0 Å². The topological polar surface area (TPSA) is 50.3 Å². The molecule has 120 valence electrons. The van der Waals surface area contributed by atoms with E-state index in [9.17, 15) is 0 Å². The molecule has 0 aliphatic rings. The van der Waals surface area contributed by atoms with Gasteiger partial charge in [-0.3, -0.25) is 0 Å². The maximum Gasteiger partial charge on any atom is 0.138 e. The normalized spacial score (nSPS) is 11.5. The van der Waals surface area contributed by atoms with Crippen LogP contribution in [0.15, 0.2) is 6.07 Å². The predicted molar refractivity (Wildman–Crippen MR) is 89.3 cm³/mol. The van der Waals surface area contributed by atoms with Crippen LogP contribution in [0.4, 0.5) is 11.6 Å². The van der Waals surface area contributed by atoms with Crippen molar-refractivity contribution in [3.05, 3.63) is 11.9 Å². The maximum absolute atomic E-state index is 5.42. The molecule has 1 rings (SSSR count). The van der Waals surface area contributed by atoms with Crippen LogP contribution in [0.25, 0.3) is 0 Å². The van der Waals surface area contributed by atoms with E-state index in [1.54, 1.807) is 0 Å². The average Bonchev–Trinajstić information content (AvgIpc) is 2.44. The first kappa shape index (κ1) is 17.7. The van der Waals surface area contributed by atoms with Crippen LogP contribution in [0.2, 0.25) is 0 Å². The van der Waals surface area contributed by atoms with Crippen LogP contribution in [-0.4, -0.2) is 43.3 Å². The van der Waals surface area contributed by atoms with Crippen molar-refractivity contribution in [2.75, 3.05) is 43.6 Å². The minimum absolute atomic E-state index is 0.0700. The Bertz CT molecular complexity index is 429. The molecule has 0 radical (unpaired) electrons. The molecule has 0 spiro atoms. The Labute approximate surface area is 129 Å². The van der Waals surface area contributed by atoms with Crippen molar-refractivity contribution in [3.8, 4) is 0 Å². The SMILES string of the molecule is CCCNc1cc(N(C)CCOCC)nc(C(C)(C)C)n1. The number of anilines is 2. The summed E-state index contributed by atoms with van der Waals surface area (Å²) in [6, 6.07) is 2.01. The van der Waals surface area contributed by atoms with E-state index in [-0.39, 0.29) is 5.41 Å². The highest BCUT2D eigenvalue weighted by molar-refractivity contribution is 5.49. The van der Waals surface area contributed by atoms with E-state index in [0.717, 1.165) is 43.6 Å². The minimum Gasteiger partial charge on any atom is -0.380 e. The lowest BCUT2D eigenvalue weighted by Crippen LogP contribution is -2.26. The van der Waals surface area contributed by atoms with Gasteiger partial charge in [0.25, 0.3) is 0 Å². The summed E-state index contributed by atoms with van der Waals surface area (Å²) >= 11 is 0. The van der Waals surface area contributed by atoms with E-state index < -0.39 is 0 Å². The van der Waals surface area contributed by atoms with Crippen LogP contribution in [0.5, 0.6) is 0 Å². The van der Waals surface area contributed by atoms with Crippen molar-refractivity contribution in [2.24, 2.45) is 0 Å². The summed E-state index contributed by atoms with van der Waals surface area (Å²) in [5.74, 6) is 2.70.